The van der Waals surface area contributed by atoms with E-state index in [2.05, 4.69) is 5.32 Å². The summed E-state index contributed by atoms with van der Waals surface area (Å²) in [6.45, 7) is 1.97. The number of amides is 1. The highest BCUT2D eigenvalue weighted by molar-refractivity contribution is 6.03. The Bertz CT molecular complexity index is 410. The minimum absolute atomic E-state index is 0.0792. The van der Waals surface area contributed by atoms with Crippen LogP contribution in [0.15, 0.2) is 36.2 Å². The van der Waals surface area contributed by atoms with Crippen LogP contribution in [0, 0.1) is 6.92 Å². The number of carbonyl (C=O) groups excluding carboxylic acids is 1. The highest BCUT2D eigenvalue weighted by Gasteiger charge is 2.08. The fourth-order valence-electron chi connectivity index (χ4n) is 1.23. The summed E-state index contributed by atoms with van der Waals surface area (Å²) >= 11 is 0. The zero-order valence-corrected chi connectivity index (χ0v) is 10.2. The van der Waals surface area contributed by atoms with Crippen LogP contribution in [0.3, 0.4) is 0 Å². The third-order valence-electron chi connectivity index (χ3n) is 2.06. The first-order valence-electron chi connectivity index (χ1n) is 5.19. The number of carbonyl (C=O) groups is 1. The Morgan fingerprint density at radius 2 is 1.88 bits per heavy atom. The molecule has 0 aliphatic heterocycles. The number of nitrogens with zero attached hydrogens (tertiary/aromatic N) is 1. The van der Waals surface area contributed by atoms with Gasteiger partial charge in [-0.05, 0) is 19.1 Å². The van der Waals surface area contributed by atoms with E-state index in [-0.39, 0.29) is 5.70 Å². The highest BCUT2D eigenvalue weighted by atomic mass is 16.5. The van der Waals surface area contributed by atoms with Crippen LogP contribution in [-0.2, 0) is 4.79 Å². The van der Waals surface area contributed by atoms with Crippen LogP contribution in [0.1, 0.15) is 5.56 Å². The normalized spacial score (nSPS) is 10.9. The lowest BCUT2D eigenvalue weighted by molar-refractivity contribution is -0.114. The maximum absolute atomic E-state index is 11.7. The van der Waals surface area contributed by atoms with Crippen molar-refractivity contribution in [2.45, 2.75) is 6.92 Å². The Kier molecular flexibility index (Phi) is 4.54. The highest BCUT2D eigenvalue weighted by Crippen LogP contribution is 2.09. The molecule has 0 aliphatic carbocycles. The van der Waals surface area contributed by atoms with Crippen molar-refractivity contribution in [2.75, 3.05) is 19.4 Å². The SMILES string of the molecule is Cc1ccc(NC(=O)C(=CN(C)C)NO)cc1. The molecule has 1 amide bonds. The van der Waals surface area contributed by atoms with Gasteiger partial charge in [0.25, 0.3) is 5.91 Å². The topological polar surface area (TPSA) is 64.6 Å². The molecule has 1 aromatic carbocycles. The molecule has 0 spiro atoms. The number of aryl methyl sites for hydroxylation is 1. The summed E-state index contributed by atoms with van der Waals surface area (Å²) in [5.41, 5.74) is 3.75. The number of hydrogen-bond acceptors (Lipinski definition) is 4. The van der Waals surface area contributed by atoms with Gasteiger partial charge in [0.05, 0.1) is 0 Å². The monoisotopic (exact) mass is 235 g/mol. The number of hydroxylamine groups is 1. The molecule has 0 bridgehead atoms. The Morgan fingerprint density at radius 1 is 1.29 bits per heavy atom. The molecule has 0 aliphatic rings. The molecule has 0 atom stereocenters. The molecule has 0 radical (unpaired) electrons. The number of hydrogen-bond donors (Lipinski definition) is 3. The molecule has 3 N–H and O–H groups in total. The third-order valence-corrected chi connectivity index (χ3v) is 2.06. The van der Waals surface area contributed by atoms with E-state index < -0.39 is 5.91 Å². The lowest BCUT2D eigenvalue weighted by Gasteiger charge is -2.11. The Morgan fingerprint density at radius 3 is 2.35 bits per heavy atom. The summed E-state index contributed by atoms with van der Waals surface area (Å²) in [5, 5.41) is 11.5. The second-order valence-electron chi connectivity index (χ2n) is 3.94. The van der Waals surface area contributed by atoms with Crippen molar-refractivity contribution in [2.24, 2.45) is 0 Å². The molecule has 0 fully saturated rings. The first kappa shape index (κ1) is 13.1. The molecule has 1 aromatic rings. The lowest BCUT2D eigenvalue weighted by atomic mass is 10.2. The molecule has 0 saturated heterocycles. The van der Waals surface area contributed by atoms with Crippen LogP contribution >= 0.6 is 0 Å². The summed E-state index contributed by atoms with van der Waals surface area (Å²) in [4.78, 5) is 13.4. The van der Waals surface area contributed by atoms with Gasteiger partial charge >= 0.3 is 0 Å². The van der Waals surface area contributed by atoms with Crippen molar-refractivity contribution >= 4 is 11.6 Å². The first-order valence-corrected chi connectivity index (χ1v) is 5.19. The van der Waals surface area contributed by atoms with Crippen molar-refractivity contribution in [3.8, 4) is 0 Å². The van der Waals surface area contributed by atoms with Crippen LogP contribution in [0.25, 0.3) is 0 Å². The van der Waals surface area contributed by atoms with Crippen molar-refractivity contribution in [3.63, 3.8) is 0 Å². The minimum Gasteiger partial charge on any atom is -0.382 e. The number of anilines is 1. The molecule has 0 aromatic heterocycles. The van der Waals surface area contributed by atoms with E-state index in [1.807, 2.05) is 24.5 Å². The maximum Gasteiger partial charge on any atom is 0.275 e. The van der Waals surface area contributed by atoms with Gasteiger partial charge in [0.15, 0.2) is 0 Å². The van der Waals surface area contributed by atoms with E-state index in [0.29, 0.717) is 5.69 Å². The van der Waals surface area contributed by atoms with Gasteiger partial charge in [-0.3, -0.25) is 15.5 Å². The van der Waals surface area contributed by atoms with Crippen LogP contribution in [0.5, 0.6) is 0 Å². The Hall–Kier alpha value is -2.01. The van der Waals surface area contributed by atoms with E-state index in [4.69, 9.17) is 5.21 Å². The van der Waals surface area contributed by atoms with Gasteiger partial charge in [-0.25, -0.2) is 0 Å². The number of benzene rings is 1. The van der Waals surface area contributed by atoms with Gasteiger partial charge in [-0.2, -0.15) is 0 Å². The molecular formula is C12H17N3O2. The van der Waals surface area contributed by atoms with Gasteiger partial charge in [0, 0.05) is 26.0 Å². The molecular weight excluding hydrogens is 218 g/mol. The Labute approximate surface area is 101 Å². The van der Waals surface area contributed by atoms with Crippen molar-refractivity contribution in [1.82, 2.24) is 10.4 Å². The summed E-state index contributed by atoms with van der Waals surface area (Å²) in [7, 11) is 3.52. The zero-order valence-electron chi connectivity index (χ0n) is 10.2. The van der Waals surface area contributed by atoms with Gasteiger partial charge in [-0.15, -0.1) is 0 Å². The van der Waals surface area contributed by atoms with Crippen LogP contribution in [0.4, 0.5) is 5.69 Å². The standard InChI is InChI=1S/C12H17N3O2/c1-9-4-6-10(7-5-9)13-12(16)11(14-17)8-15(2)3/h4-8,14,17H,1-3H3,(H,13,16). The zero-order chi connectivity index (χ0) is 12.8. The smallest absolute Gasteiger partial charge is 0.275 e. The molecule has 92 valence electrons. The molecule has 17 heavy (non-hydrogen) atoms. The van der Waals surface area contributed by atoms with E-state index in [1.165, 1.54) is 6.20 Å². The maximum atomic E-state index is 11.7. The lowest BCUT2D eigenvalue weighted by Crippen LogP contribution is -2.25. The van der Waals surface area contributed by atoms with Gasteiger partial charge < -0.3 is 10.2 Å². The largest absolute Gasteiger partial charge is 0.382 e. The average Bonchev–Trinajstić information content (AvgIpc) is 2.28. The molecule has 0 saturated carbocycles. The third kappa shape index (κ3) is 4.16. The molecule has 0 heterocycles. The predicted octanol–water partition coefficient (Wildman–Crippen LogP) is 1.32. The summed E-state index contributed by atoms with van der Waals surface area (Å²) in [6, 6.07) is 7.41. The molecule has 5 nitrogen and oxygen atoms in total. The summed E-state index contributed by atoms with van der Waals surface area (Å²) < 4.78 is 0. The molecule has 5 heteroatoms. The van der Waals surface area contributed by atoms with Gasteiger partial charge in [-0.1, -0.05) is 17.7 Å². The van der Waals surface area contributed by atoms with E-state index in [0.717, 1.165) is 5.56 Å². The minimum atomic E-state index is -0.398. The average molecular weight is 235 g/mol. The Balaban J connectivity index is 2.74. The summed E-state index contributed by atoms with van der Waals surface area (Å²) in [6.07, 6.45) is 1.49. The van der Waals surface area contributed by atoms with E-state index >= 15 is 0 Å². The van der Waals surface area contributed by atoms with Gasteiger partial charge in [0.1, 0.15) is 5.70 Å². The second kappa shape index (κ2) is 5.91. The second-order valence-corrected chi connectivity index (χ2v) is 3.94. The van der Waals surface area contributed by atoms with E-state index in [9.17, 15) is 4.79 Å². The summed E-state index contributed by atoms with van der Waals surface area (Å²) in [5.74, 6) is -0.398. The number of nitrogens with one attached hydrogen (secondary N) is 2. The predicted molar refractivity (Wildman–Crippen MR) is 66.5 cm³/mol. The van der Waals surface area contributed by atoms with Crippen LogP contribution in [0.2, 0.25) is 0 Å². The quantitative estimate of drug-likeness (QED) is 0.544. The number of rotatable bonds is 4. The van der Waals surface area contributed by atoms with Crippen molar-refractivity contribution in [3.05, 3.63) is 41.7 Å². The van der Waals surface area contributed by atoms with E-state index in [1.54, 1.807) is 31.1 Å². The van der Waals surface area contributed by atoms with Gasteiger partial charge in [0.2, 0.25) is 0 Å². The fraction of sp³-hybridized carbons (Fsp3) is 0.250. The van der Waals surface area contributed by atoms with Crippen LogP contribution in [-0.4, -0.2) is 30.1 Å². The van der Waals surface area contributed by atoms with Crippen molar-refractivity contribution in [1.29, 1.82) is 0 Å². The van der Waals surface area contributed by atoms with Crippen LogP contribution < -0.4 is 10.8 Å². The first-order chi connectivity index (χ1) is 8.02. The molecule has 0 unspecified atom stereocenters. The van der Waals surface area contributed by atoms with Crippen molar-refractivity contribution < 1.29 is 10.0 Å². The fourth-order valence-corrected chi connectivity index (χ4v) is 1.23. The molecule has 1 rings (SSSR count).